The van der Waals surface area contributed by atoms with Crippen LogP contribution in [0.4, 0.5) is 0 Å². The van der Waals surface area contributed by atoms with Gasteiger partial charge in [-0.25, -0.2) is 0 Å². The van der Waals surface area contributed by atoms with Gasteiger partial charge in [-0.1, -0.05) is 52.7 Å². The molecule has 5 aliphatic carbocycles. The SMILES string of the molecule is CC(C)=CCC[C@@H](C)[C@H]1C[C@H](C)[C@H]2[C@@H]3CC[C@H]4C(C)(C)CCC[C@@]45C[C@@]35CC[C@@]21C. The van der Waals surface area contributed by atoms with E-state index >= 15 is 0 Å². The van der Waals surface area contributed by atoms with Crippen LogP contribution in [0.5, 0.6) is 0 Å². The third kappa shape index (κ3) is 2.76. The van der Waals surface area contributed by atoms with E-state index in [1.165, 1.54) is 37.7 Å². The van der Waals surface area contributed by atoms with Crippen molar-refractivity contribution >= 4 is 0 Å². The van der Waals surface area contributed by atoms with E-state index in [4.69, 9.17) is 0 Å². The van der Waals surface area contributed by atoms with Crippen molar-refractivity contribution in [3.63, 3.8) is 0 Å². The lowest BCUT2D eigenvalue weighted by Gasteiger charge is -2.59. The first-order valence-electron chi connectivity index (χ1n) is 13.7. The maximum Gasteiger partial charge on any atom is -0.0199 e. The van der Waals surface area contributed by atoms with Crippen molar-refractivity contribution in [1.82, 2.24) is 0 Å². The molecule has 0 N–H and O–H groups in total. The summed E-state index contributed by atoms with van der Waals surface area (Å²) in [5.41, 5.74) is 4.27. The summed E-state index contributed by atoms with van der Waals surface area (Å²) in [7, 11) is 0. The zero-order valence-electron chi connectivity index (χ0n) is 21.3. The lowest BCUT2D eigenvalue weighted by atomic mass is 9.46. The molecule has 0 amide bonds. The summed E-state index contributed by atoms with van der Waals surface area (Å²) in [6.45, 7) is 17.8. The van der Waals surface area contributed by atoms with Gasteiger partial charge in [-0.15, -0.1) is 0 Å². The molecule has 0 nitrogen and oxygen atoms in total. The van der Waals surface area contributed by atoms with Crippen LogP contribution in [0, 0.1) is 57.2 Å². The fourth-order valence-corrected chi connectivity index (χ4v) is 11.3. The van der Waals surface area contributed by atoms with Gasteiger partial charge in [-0.3, -0.25) is 0 Å². The molecule has 0 heteroatoms. The number of rotatable bonds is 4. The van der Waals surface area contributed by atoms with E-state index in [-0.39, 0.29) is 0 Å². The Morgan fingerprint density at radius 2 is 1.77 bits per heavy atom. The highest BCUT2D eigenvalue weighted by Crippen LogP contribution is 2.87. The summed E-state index contributed by atoms with van der Waals surface area (Å²) in [6, 6.07) is 0. The first-order chi connectivity index (χ1) is 14.1. The van der Waals surface area contributed by atoms with Gasteiger partial charge in [0.2, 0.25) is 0 Å². The Kier molecular flexibility index (Phi) is 4.94. The third-order valence-corrected chi connectivity index (χ3v) is 12.3. The Balaban J connectivity index is 1.39. The van der Waals surface area contributed by atoms with Crippen LogP contribution in [-0.2, 0) is 0 Å². The standard InChI is InChI=1S/C30H50/c1-20(2)10-8-11-21(3)24-18-22(4)26-23-12-13-25-27(5,6)14-9-15-30(25)19-29(23,30)17-16-28(24,26)7/h10,21-26H,8-9,11-19H2,1-7H3/t21-,22+,23+,24-,25+,26+,28-,29+,30-/m1/s1. The zero-order chi connectivity index (χ0) is 21.5. The molecule has 0 aromatic heterocycles. The van der Waals surface area contributed by atoms with Gasteiger partial charge in [0.15, 0.2) is 0 Å². The summed E-state index contributed by atoms with van der Waals surface area (Å²) in [6.07, 6.45) is 19.2. The topological polar surface area (TPSA) is 0 Å². The average Bonchev–Trinajstić information content (AvgIpc) is 3.23. The highest BCUT2D eigenvalue weighted by molar-refractivity contribution is 5.28. The number of hydrogen-bond donors (Lipinski definition) is 0. The second-order valence-corrected chi connectivity index (χ2v) is 14.3. The van der Waals surface area contributed by atoms with Gasteiger partial charge < -0.3 is 0 Å². The zero-order valence-corrected chi connectivity index (χ0v) is 21.3. The van der Waals surface area contributed by atoms with Gasteiger partial charge in [0.25, 0.3) is 0 Å². The summed E-state index contributed by atoms with van der Waals surface area (Å²) in [5, 5.41) is 0. The molecule has 0 aromatic carbocycles. The number of hydrogen-bond acceptors (Lipinski definition) is 0. The lowest BCUT2D eigenvalue weighted by molar-refractivity contribution is -0.103. The quantitative estimate of drug-likeness (QED) is 0.405. The molecule has 9 atom stereocenters. The Morgan fingerprint density at radius 3 is 2.50 bits per heavy atom. The van der Waals surface area contributed by atoms with Crippen LogP contribution in [0.3, 0.4) is 0 Å². The Bertz CT molecular complexity index is 710. The van der Waals surface area contributed by atoms with E-state index in [0.29, 0.717) is 10.8 Å². The Hall–Kier alpha value is -0.260. The fraction of sp³-hybridized carbons (Fsp3) is 0.933. The van der Waals surface area contributed by atoms with Crippen LogP contribution < -0.4 is 0 Å². The van der Waals surface area contributed by atoms with Crippen LogP contribution in [0.25, 0.3) is 0 Å². The summed E-state index contributed by atoms with van der Waals surface area (Å²) < 4.78 is 0. The van der Waals surface area contributed by atoms with E-state index in [1.807, 2.05) is 0 Å². The Morgan fingerprint density at radius 1 is 1.00 bits per heavy atom. The summed E-state index contributed by atoms with van der Waals surface area (Å²) >= 11 is 0. The van der Waals surface area contributed by atoms with Crippen LogP contribution in [-0.4, -0.2) is 0 Å². The minimum absolute atomic E-state index is 0.608. The molecular formula is C30H50. The van der Waals surface area contributed by atoms with E-state index < -0.39 is 0 Å². The molecule has 5 rings (SSSR count). The minimum Gasteiger partial charge on any atom is -0.0859 e. The molecule has 0 bridgehead atoms. The van der Waals surface area contributed by atoms with Crippen molar-refractivity contribution in [2.45, 2.75) is 119 Å². The van der Waals surface area contributed by atoms with Crippen molar-refractivity contribution in [3.05, 3.63) is 11.6 Å². The normalized spacial score (nSPS) is 51.8. The molecule has 0 saturated heterocycles. The second kappa shape index (κ2) is 6.87. The number of fused-ring (bicyclic) bond motifs is 2. The molecule has 170 valence electrons. The van der Waals surface area contributed by atoms with Gasteiger partial charge in [0, 0.05) is 0 Å². The first-order valence-corrected chi connectivity index (χ1v) is 13.7. The Labute approximate surface area is 188 Å². The lowest BCUT2D eigenvalue weighted by Crippen LogP contribution is -2.52. The van der Waals surface area contributed by atoms with Crippen LogP contribution in [0.1, 0.15) is 119 Å². The molecule has 2 spiro atoms. The molecule has 5 fully saturated rings. The van der Waals surface area contributed by atoms with Crippen molar-refractivity contribution in [2.24, 2.45) is 57.2 Å². The second-order valence-electron chi connectivity index (χ2n) is 14.3. The molecule has 0 aromatic rings. The minimum atomic E-state index is 0.608. The van der Waals surface area contributed by atoms with E-state index in [2.05, 4.69) is 54.5 Å². The largest absolute Gasteiger partial charge is 0.0859 e. The van der Waals surface area contributed by atoms with Gasteiger partial charge in [-0.2, -0.15) is 0 Å². The van der Waals surface area contributed by atoms with Gasteiger partial charge >= 0.3 is 0 Å². The molecule has 0 aliphatic heterocycles. The maximum atomic E-state index is 2.77. The van der Waals surface area contributed by atoms with E-state index in [1.54, 1.807) is 38.5 Å². The number of allylic oxidation sites excluding steroid dienone is 2. The highest BCUT2D eigenvalue weighted by atomic mass is 14.8. The van der Waals surface area contributed by atoms with Crippen LogP contribution >= 0.6 is 0 Å². The van der Waals surface area contributed by atoms with E-state index in [9.17, 15) is 0 Å². The van der Waals surface area contributed by atoms with Crippen LogP contribution in [0.15, 0.2) is 11.6 Å². The van der Waals surface area contributed by atoms with Crippen molar-refractivity contribution < 1.29 is 0 Å². The van der Waals surface area contributed by atoms with Crippen molar-refractivity contribution in [2.75, 3.05) is 0 Å². The van der Waals surface area contributed by atoms with Gasteiger partial charge in [-0.05, 0) is 135 Å². The summed E-state index contributed by atoms with van der Waals surface area (Å²) in [4.78, 5) is 0. The first kappa shape index (κ1) is 21.6. The van der Waals surface area contributed by atoms with E-state index in [0.717, 1.165) is 46.3 Å². The monoisotopic (exact) mass is 410 g/mol. The van der Waals surface area contributed by atoms with Gasteiger partial charge in [0.1, 0.15) is 0 Å². The molecule has 5 aliphatic rings. The summed E-state index contributed by atoms with van der Waals surface area (Å²) in [5.74, 6) is 5.94. The molecule has 0 radical (unpaired) electrons. The smallest absolute Gasteiger partial charge is 0.0199 e. The molecular weight excluding hydrogens is 360 g/mol. The fourth-order valence-electron chi connectivity index (χ4n) is 11.3. The average molecular weight is 411 g/mol. The molecule has 30 heavy (non-hydrogen) atoms. The molecule has 5 saturated carbocycles. The maximum absolute atomic E-state index is 2.77. The van der Waals surface area contributed by atoms with Gasteiger partial charge in [0.05, 0.1) is 0 Å². The predicted molar refractivity (Wildman–Crippen MR) is 129 cm³/mol. The molecule has 0 heterocycles. The predicted octanol–water partition coefficient (Wildman–Crippen LogP) is 9.05. The third-order valence-electron chi connectivity index (χ3n) is 12.3. The van der Waals surface area contributed by atoms with Crippen LogP contribution in [0.2, 0.25) is 0 Å². The van der Waals surface area contributed by atoms with Crippen molar-refractivity contribution in [1.29, 1.82) is 0 Å². The van der Waals surface area contributed by atoms with Crippen molar-refractivity contribution in [3.8, 4) is 0 Å². The highest BCUT2D eigenvalue weighted by Gasteiger charge is 2.79. The molecule has 0 unspecified atom stereocenters.